The highest BCUT2D eigenvalue weighted by Gasteiger charge is 2.29. The molecule has 1 aliphatic rings. The molecule has 28 heavy (non-hydrogen) atoms. The lowest BCUT2D eigenvalue weighted by atomic mass is 9.92. The minimum Gasteiger partial charge on any atom is -0.325 e. The summed E-state index contributed by atoms with van der Waals surface area (Å²) >= 11 is 0. The Balaban J connectivity index is 2.00. The van der Waals surface area contributed by atoms with Crippen LogP contribution in [0.3, 0.4) is 0 Å². The third kappa shape index (κ3) is 3.67. The number of aryl methyl sites for hydroxylation is 1. The van der Waals surface area contributed by atoms with Crippen LogP contribution in [0.25, 0.3) is 0 Å². The maximum atomic E-state index is 4.71. The van der Waals surface area contributed by atoms with Crippen molar-refractivity contribution in [2.24, 2.45) is 0 Å². The number of hydrogen-bond donors (Lipinski definition) is 0. The lowest BCUT2D eigenvalue weighted by molar-refractivity contribution is 0.724. The van der Waals surface area contributed by atoms with Crippen LogP contribution in [0.4, 0.5) is 11.4 Å². The van der Waals surface area contributed by atoms with Gasteiger partial charge in [-0.05, 0) is 54.4 Å². The summed E-state index contributed by atoms with van der Waals surface area (Å²) in [4.78, 5) is 9.49. The van der Waals surface area contributed by atoms with Crippen LogP contribution in [0.2, 0.25) is 0 Å². The zero-order chi connectivity index (χ0) is 20.6. The van der Waals surface area contributed by atoms with Crippen molar-refractivity contribution < 1.29 is 0 Å². The Kier molecular flexibility index (Phi) is 5.83. The Bertz CT molecular complexity index is 838. The van der Waals surface area contributed by atoms with E-state index in [1.54, 1.807) is 0 Å². The fraction of sp³-hybridized carbons (Fsp3) is 0.480. The molecule has 1 atom stereocenters. The molecule has 3 heteroatoms. The summed E-state index contributed by atoms with van der Waals surface area (Å²) in [5.41, 5.74) is 7.80. The van der Waals surface area contributed by atoms with Crippen LogP contribution in [0.15, 0.2) is 42.9 Å². The van der Waals surface area contributed by atoms with Crippen molar-refractivity contribution in [2.45, 2.75) is 79.3 Å². The van der Waals surface area contributed by atoms with Crippen molar-refractivity contribution in [1.82, 2.24) is 4.98 Å². The fourth-order valence-electron chi connectivity index (χ4n) is 4.04. The number of aromatic nitrogens is 1. The van der Waals surface area contributed by atoms with Crippen molar-refractivity contribution >= 4 is 11.4 Å². The average Bonchev–Trinajstić information content (AvgIpc) is 3.01. The van der Waals surface area contributed by atoms with Gasteiger partial charge in [0.2, 0.25) is 0 Å². The molecule has 1 aromatic heterocycles. The van der Waals surface area contributed by atoms with Crippen molar-refractivity contribution in [3.05, 3.63) is 65.2 Å². The Labute approximate surface area is 171 Å². The molecule has 0 aliphatic carbocycles. The molecule has 0 N–H and O–H groups in total. The monoisotopic (exact) mass is 377 g/mol. The molecule has 0 spiro atoms. The molecule has 2 heterocycles. The van der Waals surface area contributed by atoms with Crippen molar-refractivity contribution in [3.8, 4) is 0 Å². The largest absolute Gasteiger partial charge is 0.325 e. The second-order valence-electron chi connectivity index (χ2n) is 8.89. The van der Waals surface area contributed by atoms with Crippen LogP contribution in [0.1, 0.15) is 88.6 Å². The smallest absolute Gasteiger partial charge is 0.107 e. The molecule has 2 aromatic rings. The Hall–Kier alpha value is -2.29. The van der Waals surface area contributed by atoms with Gasteiger partial charge in [0.1, 0.15) is 6.17 Å². The molecule has 0 unspecified atom stereocenters. The van der Waals surface area contributed by atoms with Gasteiger partial charge < -0.3 is 9.80 Å². The van der Waals surface area contributed by atoms with Gasteiger partial charge in [0.15, 0.2) is 0 Å². The number of rotatable bonds is 5. The third-order valence-electron chi connectivity index (χ3n) is 5.77. The molecule has 3 nitrogen and oxygen atoms in total. The number of benzene rings is 1. The highest BCUT2D eigenvalue weighted by atomic mass is 15.4. The Morgan fingerprint density at radius 3 is 1.93 bits per heavy atom. The second kappa shape index (κ2) is 7.98. The van der Waals surface area contributed by atoms with Crippen LogP contribution in [0, 0.1) is 6.92 Å². The first-order valence-corrected chi connectivity index (χ1v) is 10.6. The van der Waals surface area contributed by atoms with E-state index in [0.717, 1.165) is 5.69 Å². The van der Waals surface area contributed by atoms with Gasteiger partial charge in [-0.1, -0.05) is 59.7 Å². The SMILES string of the molecule is Cc1cc(C(C)C)ncc1N1C=CN(c2c(C(C)C)cccc2C(C)C)[C@H]1C. The molecule has 3 rings (SSSR count). The van der Waals surface area contributed by atoms with E-state index < -0.39 is 0 Å². The lowest BCUT2D eigenvalue weighted by Gasteiger charge is -2.34. The molecule has 1 aromatic carbocycles. The standard InChI is InChI=1S/C25H35N3/c1-16(2)21-10-9-11-22(17(3)4)25(21)28-13-12-27(20(28)8)24-15-26-23(18(5)6)14-19(24)7/h9-18,20H,1-8H3/t20-/m0/s1. The molecular weight excluding hydrogens is 342 g/mol. The first-order chi connectivity index (χ1) is 13.2. The van der Waals surface area contributed by atoms with Gasteiger partial charge in [-0.15, -0.1) is 0 Å². The van der Waals surface area contributed by atoms with E-state index in [1.165, 1.54) is 28.1 Å². The van der Waals surface area contributed by atoms with Crippen molar-refractivity contribution in [1.29, 1.82) is 0 Å². The molecule has 0 saturated heterocycles. The van der Waals surface area contributed by atoms with E-state index in [1.807, 2.05) is 6.20 Å². The Morgan fingerprint density at radius 2 is 1.43 bits per heavy atom. The minimum atomic E-state index is 0.211. The van der Waals surface area contributed by atoms with Gasteiger partial charge in [-0.2, -0.15) is 0 Å². The summed E-state index contributed by atoms with van der Waals surface area (Å²) in [7, 11) is 0. The maximum Gasteiger partial charge on any atom is 0.107 e. The zero-order valence-corrected chi connectivity index (χ0v) is 18.7. The highest BCUT2D eigenvalue weighted by molar-refractivity contribution is 5.69. The molecule has 0 radical (unpaired) electrons. The van der Waals surface area contributed by atoms with E-state index in [9.17, 15) is 0 Å². The minimum absolute atomic E-state index is 0.211. The quantitative estimate of drug-likeness (QED) is 0.564. The second-order valence-corrected chi connectivity index (χ2v) is 8.89. The summed E-state index contributed by atoms with van der Waals surface area (Å²) < 4.78 is 0. The number of hydrogen-bond acceptors (Lipinski definition) is 3. The van der Waals surface area contributed by atoms with Crippen LogP contribution in [0.5, 0.6) is 0 Å². The average molecular weight is 378 g/mol. The van der Waals surface area contributed by atoms with E-state index in [-0.39, 0.29) is 6.17 Å². The number of para-hydroxylation sites is 1. The summed E-state index contributed by atoms with van der Waals surface area (Å²) in [6.45, 7) is 18.0. The van der Waals surface area contributed by atoms with Crippen molar-refractivity contribution in [2.75, 3.05) is 9.80 Å². The van der Waals surface area contributed by atoms with E-state index in [0.29, 0.717) is 17.8 Å². The summed E-state index contributed by atoms with van der Waals surface area (Å²) in [6, 6.07) is 8.98. The van der Waals surface area contributed by atoms with Crippen molar-refractivity contribution in [3.63, 3.8) is 0 Å². The number of anilines is 2. The number of nitrogens with zero attached hydrogens (tertiary/aromatic N) is 3. The lowest BCUT2D eigenvalue weighted by Crippen LogP contribution is -2.37. The van der Waals surface area contributed by atoms with Gasteiger partial charge in [0.05, 0.1) is 11.9 Å². The summed E-state index contributed by atoms with van der Waals surface area (Å²) in [5.74, 6) is 1.41. The molecule has 0 fully saturated rings. The third-order valence-corrected chi connectivity index (χ3v) is 5.77. The normalized spacial score (nSPS) is 16.9. The van der Waals surface area contributed by atoms with Gasteiger partial charge in [0.25, 0.3) is 0 Å². The van der Waals surface area contributed by atoms with E-state index in [4.69, 9.17) is 4.98 Å². The number of pyridine rings is 1. The van der Waals surface area contributed by atoms with E-state index in [2.05, 4.69) is 102 Å². The predicted octanol–water partition coefficient (Wildman–Crippen LogP) is 6.90. The van der Waals surface area contributed by atoms with Gasteiger partial charge in [-0.25, -0.2) is 0 Å². The molecule has 0 bridgehead atoms. The molecule has 0 saturated carbocycles. The van der Waals surface area contributed by atoms with Crippen LogP contribution in [-0.2, 0) is 0 Å². The molecule has 0 amide bonds. The summed E-state index contributed by atoms with van der Waals surface area (Å²) in [6.07, 6.45) is 6.67. The predicted molar refractivity (Wildman–Crippen MR) is 121 cm³/mol. The fourth-order valence-corrected chi connectivity index (χ4v) is 4.04. The summed E-state index contributed by atoms with van der Waals surface area (Å²) in [5, 5.41) is 0. The van der Waals surface area contributed by atoms with Gasteiger partial charge >= 0.3 is 0 Å². The van der Waals surface area contributed by atoms with Crippen LogP contribution in [-0.4, -0.2) is 11.1 Å². The first kappa shape index (κ1) is 20.4. The van der Waals surface area contributed by atoms with E-state index >= 15 is 0 Å². The highest BCUT2D eigenvalue weighted by Crippen LogP contribution is 2.40. The Morgan fingerprint density at radius 1 is 0.857 bits per heavy atom. The van der Waals surface area contributed by atoms with Gasteiger partial charge in [-0.3, -0.25) is 4.98 Å². The molecule has 150 valence electrons. The van der Waals surface area contributed by atoms with Crippen LogP contribution < -0.4 is 9.80 Å². The van der Waals surface area contributed by atoms with Gasteiger partial charge in [0, 0.05) is 23.8 Å². The molecule has 1 aliphatic heterocycles. The molecular formula is C25H35N3. The topological polar surface area (TPSA) is 19.4 Å². The zero-order valence-electron chi connectivity index (χ0n) is 18.7. The van der Waals surface area contributed by atoms with Crippen LogP contribution >= 0.6 is 0 Å². The maximum absolute atomic E-state index is 4.71. The first-order valence-electron chi connectivity index (χ1n) is 10.6.